The Labute approximate surface area is 167 Å². The van der Waals surface area contributed by atoms with E-state index in [0.29, 0.717) is 24.2 Å². The first-order valence-electron chi connectivity index (χ1n) is 8.92. The van der Waals surface area contributed by atoms with Crippen molar-refractivity contribution < 1.29 is 22.4 Å². The minimum absolute atomic E-state index is 0.0180. The van der Waals surface area contributed by atoms with Crippen LogP contribution in [-0.2, 0) is 16.3 Å². The Balaban J connectivity index is 1.57. The van der Waals surface area contributed by atoms with E-state index in [9.17, 15) is 18.0 Å². The van der Waals surface area contributed by atoms with Gasteiger partial charge in [0.15, 0.2) is 9.84 Å². The fourth-order valence-electron chi connectivity index (χ4n) is 3.41. The summed E-state index contributed by atoms with van der Waals surface area (Å²) in [5, 5.41) is 2.75. The van der Waals surface area contributed by atoms with Crippen molar-refractivity contribution in [2.24, 2.45) is 0 Å². The second-order valence-electron chi connectivity index (χ2n) is 6.78. The number of fused-ring (bicyclic) bond motifs is 1. The smallest absolute Gasteiger partial charge is 0.261 e. The molecule has 0 bridgehead atoms. The summed E-state index contributed by atoms with van der Waals surface area (Å²) in [4.78, 5) is 26.9. The second kappa shape index (κ2) is 7.21. The lowest BCUT2D eigenvalue weighted by Crippen LogP contribution is -2.28. The van der Waals surface area contributed by atoms with Crippen LogP contribution in [0.5, 0.6) is 0 Å². The maximum atomic E-state index is 12.7. The Bertz CT molecular complexity index is 1200. The fourth-order valence-corrected chi connectivity index (χ4v) is 4.29. The normalized spacial score (nSPS) is 13.2. The summed E-state index contributed by atoms with van der Waals surface area (Å²) in [5.74, 6) is -0.647. The highest BCUT2D eigenvalue weighted by atomic mass is 32.2. The predicted molar refractivity (Wildman–Crippen MR) is 108 cm³/mol. The predicted octanol–water partition coefficient (Wildman–Crippen LogP) is 3.14. The number of furan rings is 1. The first-order valence-corrected chi connectivity index (χ1v) is 10.8. The lowest BCUT2D eigenvalue weighted by Gasteiger charge is -2.17. The van der Waals surface area contributed by atoms with Crippen LogP contribution in [0.15, 0.2) is 70.4 Å². The van der Waals surface area contributed by atoms with Crippen LogP contribution in [0.25, 0.3) is 0 Å². The highest BCUT2D eigenvalue weighted by Crippen LogP contribution is 2.32. The zero-order valence-corrected chi connectivity index (χ0v) is 16.4. The number of carbonyl (C=O) groups excluding carboxylic acids is 2. The van der Waals surface area contributed by atoms with E-state index in [4.69, 9.17) is 4.42 Å². The summed E-state index contributed by atoms with van der Waals surface area (Å²) in [6.45, 7) is 0.535. The van der Waals surface area contributed by atoms with Gasteiger partial charge >= 0.3 is 0 Å². The van der Waals surface area contributed by atoms with E-state index in [1.54, 1.807) is 41.3 Å². The number of anilines is 2. The summed E-state index contributed by atoms with van der Waals surface area (Å²) in [7, 11) is -3.53. The third kappa shape index (κ3) is 3.66. The maximum Gasteiger partial charge on any atom is 0.261 e. The summed E-state index contributed by atoms with van der Waals surface area (Å²) in [5.41, 5.74) is 2.82. The number of carbonyl (C=O) groups is 2. The van der Waals surface area contributed by atoms with Crippen LogP contribution in [0.2, 0.25) is 0 Å². The molecule has 0 atom stereocenters. The quantitative estimate of drug-likeness (QED) is 0.713. The summed E-state index contributed by atoms with van der Waals surface area (Å²) in [6.07, 6.45) is 4.59. The molecule has 2 heterocycles. The van der Waals surface area contributed by atoms with E-state index < -0.39 is 15.7 Å². The fraction of sp³-hybridized carbons (Fsp3) is 0.143. The number of sulfone groups is 1. The van der Waals surface area contributed by atoms with Gasteiger partial charge in [-0.1, -0.05) is 12.1 Å². The first kappa shape index (κ1) is 18.9. The largest absolute Gasteiger partial charge is 0.472 e. The maximum absolute atomic E-state index is 12.7. The molecule has 2 aromatic carbocycles. The molecule has 3 aromatic rings. The number of hydrogen-bond donors (Lipinski definition) is 1. The van der Waals surface area contributed by atoms with Crippen LogP contribution >= 0.6 is 0 Å². The van der Waals surface area contributed by atoms with Crippen LogP contribution in [0.3, 0.4) is 0 Å². The number of nitrogens with one attached hydrogen (secondary N) is 1. The van der Waals surface area contributed by atoms with Crippen LogP contribution in [-0.4, -0.2) is 33.0 Å². The Morgan fingerprint density at radius 1 is 1.10 bits per heavy atom. The van der Waals surface area contributed by atoms with E-state index >= 15 is 0 Å². The Morgan fingerprint density at radius 2 is 1.90 bits per heavy atom. The molecular formula is C21H18N2O5S. The molecule has 1 aromatic heterocycles. The van der Waals surface area contributed by atoms with E-state index in [0.717, 1.165) is 17.5 Å². The molecule has 4 rings (SSSR count). The molecule has 0 spiro atoms. The summed E-state index contributed by atoms with van der Waals surface area (Å²) in [6, 6.07) is 13.0. The van der Waals surface area contributed by atoms with Crippen LogP contribution < -0.4 is 10.2 Å². The van der Waals surface area contributed by atoms with Crippen LogP contribution in [0, 0.1) is 0 Å². The molecule has 148 valence electrons. The molecule has 1 aliphatic heterocycles. The van der Waals surface area contributed by atoms with Gasteiger partial charge in [-0.2, -0.15) is 0 Å². The van der Waals surface area contributed by atoms with Crippen molar-refractivity contribution in [3.05, 3.63) is 77.7 Å². The average molecular weight is 410 g/mol. The van der Waals surface area contributed by atoms with E-state index in [-0.39, 0.29) is 16.4 Å². The molecule has 0 radical (unpaired) electrons. The summed E-state index contributed by atoms with van der Waals surface area (Å²) >= 11 is 0. The zero-order valence-electron chi connectivity index (χ0n) is 15.6. The minimum Gasteiger partial charge on any atom is -0.472 e. The van der Waals surface area contributed by atoms with Gasteiger partial charge in [-0.05, 0) is 48.4 Å². The van der Waals surface area contributed by atoms with Crippen LogP contribution in [0.1, 0.15) is 26.3 Å². The molecule has 0 unspecified atom stereocenters. The lowest BCUT2D eigenvalue weighted by molar-refractivity contribution is 0.0986. The van der Waals surface area contributed by atoms with Gasteiger partial charge in [-0.25, -0.2) is 8.42 Å². The van der Waals surface area contributed by atoms with Gasteiger partial charge < -0.3 is 14.6 Å². The molecule has 1 N–H and O–H groups in total. The highest BCUT2D eigenvalue weighted by molar-refractivity contribution is 7.90. The third-order valence-corrected chi connectivity index (χ3v) is 5.93. The van der Waals surface area contributed by atoms with Crippen molar-refractivity contribution in [1.29, 1.82) is 0 Å². The van der Waals surface area contributed by atoms with E-state index in [1.165, 1.54) is 24.7 Å². The van der Waals surface area contributed by atoms with Gasteiger partial charge in [0.05, 0.1) is 22.3 Å². The average Bonchev–Trinajstić information content (AvgIpc) is 3.36. The molecule has 0 saturated carbocycles. The summed E-state index contributed by atoms with van der Waals surface area (Å²) < 4.78 is 28.9. The minimum atomic E-state index is -3.53. The zero-order chi connectivity index (χ0) is 20.6. The molecule has 2 amide bonds. The Hall–Kier alpha value is -3.39. The lowest BCUT2D eigenvalue weighted by atomic mass is 10.1. The molecule has 0 saturated heterocycles. The Kier molecular flexibility index (Phi) is 4.71. The second-order valence-corrected chi connectivity index (χ2v) is 8.77. The van der Waals surface area contributed by atoms with Gasteiger partial charge in [0, 0.05) is 24.2 Å². The van der Waals surface area contributed by atoms with Crippen molar-refractivity contribution >= 4 is 33.0 Å². The molecule has 0 fully saturated rings. The van der Waals surface area contributed by atoms with Gasteiger partial charge in [-0.15, -0.1) is 0 Å². The topological polar surface area (TPSA) is 96.7 Å². The van der Waals surface area contributed by atoms with Gasteiger partial charge in [0.2, 0.25) is 0 Å². The van der Waals surface area contributed by atoms with Gasteiger partial charge in [0.25, 0.3) is 11.8 Å². The van der Waals surface area contributed by atoms with Crippen molar-refractivity contribution in [1.82, 2.24) is 0 Å². The molecule has 8 heteroatoms. The molecule has 0 aliphatic carbocycles. The number of amides is 2. The van der Waals surface area contributed by atoms with Gasteiger partial charge in [0.1, 0.15) is 6.26 Å². The van der Waals surface area contributed by atoms with Crippen molar-refractivity contribution in [3.63, 3.8) is 0 Å². The number of rotatable bonds is 4. The highest BCUT2D eigenvalue weighted by Gasteiger charge is 2.26. The van der Waals surface area contributed by atoms with Crippen molar-refractivity contribution in [3.8, 4) is 0 Å². The Morgan fingerprint density at radius 3 is 2.62 bits per heavy atom. The number of hydrogen-bond acceptors (Lipinski definition) is 5. The number of benzene rings is 2. The molecular weight excluding hydrogens is 392 g/mol. The molecule has 1 aliphatic rings. The SMILES string of the molecule is CS(=O)(=O)c1ccccc1C(=O)Nc1ccc2c(c1)CCN2C(=O)c1ccoc1. The molecule has 29 heavy (non-hydrogen) atoms. The third-order valence-electron chi connectivity index (χ3n) is 4.78. The van der Waals surface area contributed by atoms with Crippen molar-refractivity contribution in [2.75, 3.05) is 23.0 Å². The first-order chi connectivity index (χ1) is 13.8. The van der Waals surface area contributed by atoms with Crippen molar-refractivity contribution in [2.45, 2.75) is 11.3 Å². The van der Waals surface area contributed by atoms with E-state index in [2.05, 4.69) is 5.32 Å². The number of nitrogens with zero attached hydrogens (tertiary/aromatic N) is 1. The monoisotopic (exact) mass is 410 g/mol. The van der Waals surface area contributed by atoms with Crippen LogP contribution in [0.4, 0.5) is 11.4 Å². The van der Waals surface area contributed by atoms with E-state index in [1.807, 2.05) is 0 Å². The standard InChI is InChI=1S/C21H18N2O5S/c1-29(26,27)19-5-3-2-4-17(19)20(24)22-16-6-7-18-14(12-16)8-10-23(18)21(25)15-9-11-28-13-15/h2-7,9,11-13H,8,10H2,1H3,(H,22,24). The molecule has 7 nitrogen and oxygen atoms in total. The van der Waals surface area contributed by atoms with Gasteiger partial charge in [-0.3, -0.25) is 9.59 Å².